The molecule has 1 spiro atoms. The highest BCUT2D eigenvalue weighted by Gasteiger charge is 2.51. The number of nitrogens with zero attached hydrogens (tertiary/aromatic N) is 1. The van der Waals surface area contributed by atoms with Crippen molar-refractivity contribution in [1.29, 1.82) is 0 Å². The average Bonchev–Trinajstić information content (AvgIpc) is 3.13. The number of likely N-dealkylation sites (tertiary alicyclic amines) is 1. The molecule has 9 heteroatoms. The Balaban J connectivity index is 1.46. The van der Waals surface area contributed by atoms with Crippen molar-refractivity contribution >= 4 is 38.8 Å². The second kappa shape index (κ2) is 10.3. The van der Waals surface area contributed by atoms with Gasteiger partial charge in [-0.3, -0.25) is 9.69 Å². The number of hydrogen-bond acceptors (Lipinski definition) is 7. The molecule has 2 aliphatic rings. The number of ether oxygens (including phenoxy) is 1. The number of carbonyl (C=O) groups is 2. The van der Waals surface area contributed by atoms with Gasteiger partial charge in [-0.25, -0.2) is 13.2 Å². The molecule has 0 aromatic heterocycles. The van der Waals surface area contributed by atoms with Crippen molar-refractivity contribution in [2.45, 2.75) is 30.3 Å². The molecule has 0 radical (unpaired) electrons. The van der Waals surface area contributed by atoms with E-state index < -0.39 is 21.4 Å². The molecule has 5 rings (SSSR count). The quantitative estimate of drug-likeness (QED) is 0.321. The summed E-state index contributed by atoms with van der Waals surface area (Å²) in [7, 11) is -3.41. The van der Waals surface area contributed by atoms with Gasteiger partial charge in [-0.05, 0) is 67.3 Å². The van der Waals surface area contributed by atoms with Crippen LogP contribution in [0, 0.1) is 6.92 Å². The molecule has 2 aliphatic heterocycles. The van der Waals surface area contributed by atoms with E-state index >= 15 is 0 Å². The smallest absolute Gasteiger partial charge is 0.343 e. The molecule has 1 atom stereocenters. The summed E-state index contributed by atoms with van der Waals surface area (Å²) in [5.41, 5.74) is 1.76. The lowest BCUT2D eigenvalue weighted by molar-refractivity contribution is -0.151. The summed E-state index contributed by atoms with van der Waals surface area (Å²) in [6.45, 7) is 2.79. The summed E-state index contributed by atoms with van der Waals surface area (Å²) in [6.07, 6.45) is 2.22. The van der Waals surface area contributed by atoms with E-state index in [9.17, 15) is 23.1 Å². The first kappa shape index (κ1) is 27.1. The molecule has 2 heterocycles. The maximum atomic E-state index is 13.1. The van der Waals surface area contributed by atoms with E-state index in [1.807, 2.05) is 23.1 Å². The van der Waals surface area contributed by atoms with Crippen molar-refractivity contribution in [2.24, 2.45) is 0 Å². The number of rotatable bonds is 6. The summed E-state index contributed by atoms with van der Waals surface area (Å²) in [6, 6.07) is 18.9. The predicted molar refractivity (Wildman–Crippen MR) is 150 cm³/mol. The lowest BCUT2D eigenvalue weighted by Crippen LogP contribution is -2.51. The van der Waals surface area contributed by atoms with E-state index in [4.69, 9.17) is 16.3 Å². The summed E-state index contributed by atoms with van der Waals surface area (Å²) >= 11 is 6.64. The van der Waals surface area contributed by atoms with E-state index in [1.54, 1.807) is 49.4 Å². The van der Waals surface area contributed by atoms with Crippen LogP contribution in [-0.4, -0.2) is 61.7 Å². The first-order valence-corrected chi connectivity index (χ1v) is 14.8. The summed E-state index contributed by atoms with van der Waals surface area (Å²) in [4.78, 5) is 28.0. The number of aliphatic hydroxyl groups is 1. The first-order chi connectivity index (χ1) is 18.5. The number of Topliss-reactive ketones (excluding diaryl/α,β-unsaturated/α-hetero) is 1. The number of esters is 1. The molecule has 1 saturated heterocycles. The van der Waals surface area contributed by atoms with Crippen LogP contribution in [0.1, 0.15) is 34.3 Å². The minimum absolute atomic E-state index is 0.0428. The van der Waals surface area contributed by atoms with Crippen molar-refractivity contribution < 1.29 is 27.9 Å². The van der Waals surface area contributed by atoms with Gasteiger partial charge in [0, 0.05) is 29.0 Å². The van der Waals surface area contributed by atoms with Crippen molar-refractivity contribution in [1.82, 2.24) is 4.90 Å². The minimum Gasteiger partial charge on any atom is -0.507 e. The average molecular weight is 566 g/mol. The Morgan fingerprint density at radius 3 is 2.54 bits per heavy atom. The molecule has 7 nitrogen and oxygen atoms in total. The van der Waals surface area contributed by atoms with Crippen molar-refractivity contribution in [2.75, 3.05) is 25.9 Å². The van der Waals surface area contributed by atoms with Crippen LogP contribution in [-0.2, 0) is 19.4 Å². The summed E-state index contributed by atoms with van der Waals surface area (Å²) < 4.78 is 29.9. The van der Waals surface area contributed by atoms with Gasteiger partial charge in [0.25, 0.3) is 0 Å². The molecule has 0 saturated carbocycles. The molecule has 0 bridgehead atoms. The standard InChI is InChI=1S/C30H28ClNO6S/c1-19-14-24(21-10-6-11-22(15-21)39(2,36)37)25(31)16-23(19)27-28(34)30(38-29(27)35)12-7-13-32(18-30)17-26(33)20-8-4-3-5-9-20/h3-6,8-11,14-16,34H,7,12-13,17-18H2,1-2H3. The molecule has 1 unspecified atom stereocenters. The predicted octanol–water partition coefficient (Wildman–Crippen LogP) is 5.26. The van der Waals surface area contributed by atoms with Crippen LogP contribution >= 0.6 is 11.6 Å². The number of halogens is 1. The third-order valence-corrected chi connectivity index (χ3v) is 8.74. The number of carbonyl (C=O) groups excluding carboxylic acids is 2. The van der Waals surface area contributed by atoms with Crippen LogP contribution in [0.5, 0.6) is 0 Å². The van der Waals surface area contributed by atoms with Crippen LogP contribution in [0.3, 0.4) is 0 Å². The Morgan fingerprint density at radius 2 is 1.82 bits per heavy atom. The fraction of sp³-hybridized carbons (Fsp3) is 0.267. The minimum atomic E-state index is -3.41. The first-order valence-electron chi connectivity index (χ1n) is 12.6. The number of aliphatic hydroxyl groups excluding tert-OH is 1. The van der Waals surface area contributed by atoms with Gasteiger partial charge in [0.15, 0.2) is 27.0 Å². The van der Waals surface area contributed by atoms with Crippen LogP contribution in [0.15, 0.2) is 77.4 Å². The normalized spacial score (nSPS) is 19.9. The lowest BCUT2D eigenvalue weighted by Gasteiger charge is -2.38. The Bertz CT molecular complexity index is 1620. The number of piperidine rings is 1. The van der Waals surface area contributed by atoms with Crippen LogP contribution in [0.25, 0.3) is 16.7 Å². The van der Waals surface area contributed by atoms with Crippen LogP contribution in [0.2, 0.25) is 5.02 Å². The molecule has 202 valence electrons. The number of sulfone groups is 1. The zero-order valence-corrected chi connectivity index (χ0v) is 23.2. The highest BCUT2D eigenvalue weighted by atomic mass is 35.5. The van der Waals surface area contributed by atoms with E-state index in [-0.39, 0.29) is 35.1 Å². The molecule has 0 amide bonds. The van der Waals surface area contributed by atoms with Crippen LogP contribution < -0.4 is 0 Å². The van der Waals surface area contributed by atoms with Crippen molar-refractivity contribution in [3.05, 3.63) is 94.2 Å². The number of hydrogen-bond donors (Lipinski definition) is 1. The number of ketones is 1. The van der Waals surface area contributed by atoms with Gasteiger partial charge in [-0.1, -0.05) is 54.1 Å². The summed E-state index contributed by atoms with van der Waals surface area (Å²) in [5, 5.41) is 11.7. The third kappa shape index (κ3) is 5.24. The second-order valence-electron chi connectivity index (χ2n) is 10.2. The van der Waals surface area contributed by atoms with Gasteiger partial charge in [0.05, 0.1) is 11.4 Å². The van der Waals surface area contributed by atoms with Crippen LogP contribution in [0.4, 0.5) is 0 Å². The van der Waals surface area contributed by atoms with Gasteiger partial charge in [-0.2, -0.15) is 0 Å². The molecule has 3 aromatic carbocycles. The topological polar surface area (TPSA) is 101 Å². The Labute approximate surface area is 232 Å². The van der Waals surface area contributed by atoms with Crippen molar-refractivity contribution in [3.63, 3.8) is 0 Å². The third-order valence-electron chi connectivity index (χ3n) is 7.31. The molecule has 1 N–H and O–H groups in total. The fourth-order valence-electron chi connectivity index (χ4n) is 5.34. The van der Waals surface area contributed by atoms with E-state index in [0.717, 1.165) is 6.26 Å². The van der Waals surface area contributed by atoms with Gasteiger partial charge in [0.2, 0.25) is 0 Å². The van der Waals surface area contributed by atoms with E-state index in [2.05, 4.69) is 0 Å². The summed E-state index contributed by atoms with van der Waals surface area (Å²) in [5.74, 6) is -0.844. The van der Waals surface area contributed by atoms with Gasteiger partial charge in [-0.15, -0.1) is 0 Å². The zero-order valence-electron chi connectivity index (χ0n) is 21.6. The molecular formula is C30H28ClNO6S. The van der Waals surface area contributed by atoms with Gasteiger partial charge < -0.3 is 9.84 Å². The second-order valence-corrected chi connectivity index (χ2v) is 12.6. The zero-order chi connectivity index (χ0) is 27.9. The van der Waals surface area contributed by atoms with E-state index in [0.29, 0.717) is 52.2 Å². The number of aryl methyl sites for hydroxylation is 1. The highest BCUT2D eigenvalue weighted by molar-refractivity contribution is 7.90. The monoisotopic (exact) mass is 565 g/mol. The fourth-order valence-corrected chi connectivity index (χ4v) is 6.28. The highest BCUT2D eigenvalue weighted by Crippen LogP contribution is 2.44. The molecule has 3 aromatic rings. The Kier molecular flexibility index (Phi) is 7.13. The van der Waals surface area contributed by atoms with Gasteiger partial charge >= 0.3 is 5.97 Å². The molecule has 39 heavy (non-hydrogen) atoms. The lowest BCUT2D eigenvalue weighted by atomic mass is 9.87. The molecular weight excluding hydrogens is 538 g/mol. The number of benzene rings is 3. The largest absolute Gasteiger partial charge is 0.507 e. The Morgan fingerprint density at radius 1 is 1.08 bits per heavy atom. The maximum absolute atomic E-state index is 13.1. The SMILES string of the molecule is Cc1cc(-c2cccc(S(C)(=O)=O)c2)c(Cl)cc1C1=C(O)C2(CCCN(CC(=O)c3ccccc3)C2)OC1=O. The maximum Gasteiger partial charge on any atom is 0.343 e. The van der Waals surface area contributed by atoms with Gasteiger partial charge in [0.1, 0.15) is 5.57 Å². The Hall–Kier alpha value is -3.46. The van der Waals surface area contributed by atoms with Crippen molar-refractivity contribution in [3.8, 4) is 11.1 Å². The molecule has 0 aliphatic carbocycles. The molecule has 1 fully saturated rings. The van der Waals surface area contributed by atoms with E-state index in [1.165, 1.54) is 6.07 Å².